The summed E-state index contributed by atoms with van der Waals surface area (Å²) in [5.41, 5.74) is 1.36. The molecule has 2 N–H and O–H groups in total. The van der Waals surface area contributed by atoms with Crippen LogP contribution in [0.15, 0.2) is 42.5 Å². The van der Waals surface area contributed by atoms with E-state index in [4.69, 9.17) is 10.00 Å². The number of nitrogens with zero attached hydrogens (tertiary/aromatic N) is 2. The normalized spacial score (nSPS) is 15.6. The first-order chi connectivity index (χ1) is 13.5. The van der Waals surface area contributed by atoms with E-state index in [9.17, 15) is 14.4 Å². The number of nitriles is 2. The molecule has 0 unspecified atom stereocenters. The van der Waals surface area contributed by atoms with Gasteiger partial charge in [0, 0.05) is 26.6 Å². The molecule has 6 nitrogen and oxygen atoms in total. The molecule has 7 heteroatoms. The van der Waals surface area contributed by atoms with E-state index < -0.39 is 17.5 Å². The van der Waals surface area contributed by atoms with Crippen molar-refractivity contribution < 1.29 is 13.9 Å². The lowest BCUT2D eigenvalue weighted by Gasteiger charge is -2.39. The minimum atomic E-state index is -0.965. The largest absolute Gasteiger partial charge is 0.366 e. The second kappa shape index (κ2) is 8.18. The molecule has 0 saturated carbocycles. The van der Waals surface area contributed by atoms with Gasteiger partial charge in [-0.15, -0.1) is 0 Å². The minimum absolute atomic E-state index is 0.0505. The van der Waals surface area contributed by atoms with E-state index in [1.807, 2.05) is 12.1 Å². The summed E-state index contributed by atoms with van der Waals surface area (Å²) in [6.07, 6.45) is 0.0505. The van der Waals surface area contributed by atoms with Gasteiger partial charge in [-0.1, -0.05) is 24.3 Å². The number of ether oxygens (including phenoxy) is 1. The highest BCUT2D eigenvalue weighted by atomic mass is 19.1. The molecule has 2 aromatic rings. The molecule has 0 aromatic heterocycles. The third-order valence-corrected chi connectivity index (χ3v) is 4.91. The zero-order valence-electron chi connectivity index (χ0n) is 15.3. The summed E-state index contributed by atoms with van der Waals surface area (Å²) < 4.78 is 19.8. The van der Waals surface area contributed by atoms with Crippen molar-refractivity contribution in [2.24, 2.45) is 0 Å². The molecule has 28 heavy (non-hydrogen) atoms. The van der Waals surface area contributed by atoms with Gasteiger partial charge in [-0.05, 0) is 34.9 Å². The van der Waals surface area contributed by atoms with Crippen molar-refractivity contribution in [1.29, 1.82) is 10.5 Å². The van der Waals surface area contributed by atoms with Crippen LogP contribution in [0.3, 0.4) is 0 Å². The Hall–Kier alpha value is -3.26. The molecule has 0 spiro atoms. The van der Waals surface area contributed by atoms with Crippen LogP contribution in [0, 0.1) is 28.5 Å². The van der Waals surface area contributed by atoms with E-state index in [1.165, 1.54) is 13.2 Å². The van der Waals surface area contributed by atoms with E-state index in [0.717, 1.165) is 5.56 Å². The van der Waals surface area contributed by atoms with Crippen LogP contribution in [-0.4, -0.2) is 37.7 Å². The summed E-state index contributed by atoms with van der Waals surface area (Å²) in [7, 11) is 1.45. The minimum Gasteiger partial charge on any atom is -0.366 e. The lowest BCUT2D eigenvalue weighted by Crippen LogP contribution is -2.69. The van der Waals surface area contributed by atoms with Crippen molar-refractivity contribution in [2.75, 3.05) is 20.2 Å². The van der Waals surface area contributed by atoms with E-state index in [-0.39, 0.29) is 12.3 Å². The lowest BCUT2D eigenvalue weighted by atomic mass is 9.94. The number of carbonyl (C=O) groups is 1. The Morgan fingerprint density at radius 2 is 1.93 bits per heavy atom. The predicted molar refractivity (Wildman–Crippen MR) is 100 cm³/mol. The monoisotopic (exact) mass is 378 g/mol. The lowest BCUT2D eigenvalue weighted by molar-refractivity contribution is -0.150. The van der Waals surface area contributed by atoms with Crippen LogP contribution in [0.1, 0.15) is 11.1 Å². The van der Waals surface area contributed by atoms with Crippen LogP contribution in [0.2, 0.25) is 0 Å². The molecule has 1 amide bonds. The summed E-state index contributed by atoms with van der Waals surface area (Å²) in [6, 6.07) is 14.8. The first-order valence-electron chi connectivity index (χ1n) is 8.77. The number of methoxy groups -OCH3 is 1. The van der Waals surface area contributed by atoms with Gasteiger partial charge >= 0.3 is 0 Å². The van der Waals surface area contributed by atoms with Crippen molar-refractivity contribution in [3.63, 3.8) is 0 Å². The van der Waals surface area contributed by atoms with Crippen LogP contribution in [0.4, 0.5) is 4.39 Å². The van der Waals surface area contributed by atoms with Gasteiger partial charge in [0.15, 0.2) is 5.60 Å². The molecule has 3 rings (SSSR count). The van der Waals surface area contributed by atoms with Gasteiger partial charge in [-0.25, -0.2) is 4.39 Å². The Balaban J connectivity index is 1.71. The van der Waals surface area contributed by atoms with Gasteiger partial charge in [0.25, 0.3) is 5.91 Å². The van der Waals surface area contributed by atoms with Gasteiger partial charge in [0.2, 0.25) is 0 Å². The van der Waals surface area contributed by atoms with E-state index in [2.05, 4.69) is 10.6 Å². The van der Waals surface area contributed by atoms with Crippen LogP contribution >= 0.6 is 0 Å². The molecule has 142 valence electrons. The third kappa shape index (κ3) is 3.86. The standard InChI is InChI=1S/C21H19FN4O2/c1-28-21(12-25-13-21)20(27)26-18(11-24)8-17-7-6-16(9-19(17)22)15-4-2-14(10-23)3-5-15/h2-7,9,18,25H,8,12-13H2,1H3,(H,26,27)/t18-/m0/s1. The van der Waals surface area contributed by atoms with Crippen LogP contribution < -0.4 is 10.6 Å². The first kappa shape index (κ1) is 19.5. The van der Waals surface area contributed by atoms with Crippen molar-refractivity contribution >= 4 is 5.91 Å². The summed E-state index contributed by atoms with van der Waals surface area (Å²) in [5, 5.41) is 23.8. The van der Waals surface area contributed by atoms with Crippen LogP contribution in [-0.2, 0) is 16.0 Å². The van der Waals surface area contributed by atoms with E-state index >= 15 is 0 Å². The van der Waals surface area contributed by atoms with Gasteiger partial charge in [0.1, 0.15) is 11.9 Å². The van der Waals surface area contributed by atoms with E-state index in [1.54, 1.807) is 36.4 Å². The Morgan fingerprint density at radius 3 is 2.43 bits per heavy atom. The van der Waals surface area contributed by atoms with Crippen LogP contribution in [0.5, 0.6) is 0 Å². The SMILES string of the molecule is COC1(C(=O)N[C@H](C#N)Cc2ccc(-c3ccc(C#N)cc3)cc2F)CNC1. The number of hydrogen-bond donors (Lipinski definition) is 2. The van der Waals surface area contributed by atoms with Crippen LogP contribution in [0.25, 0.3) is 11.1 Å². The highest BCUT2D eigenvalue weighted by molar-refractivity contribution is 5.87. The smallest absolute Gasteiger partial charge is 0.255 e. The Morgan fingerprint density at radius 1 is 1.25 bits per heavy atom. The maximum Gasteiger partial charge on any atom is 0.255 e. The van der Waals surface area contributed by atoms with Crippen molar-refractivity contribution in [3.8, 4) is 23.3 Å². The fraction of sp³-hybridized carbons (Fsp3) is 0.286. The number of carbonyl (C=O) groups excluding carboxylic acids is 1. The number of amides is 1. The van der Waals surface area contributed by atoms with Gasteiger partial charge < -0.3 is 15.4 Å². The maximum atomic E-state index is 14.6. The molecular weight excluding hydrogens is 359 g/mol. The quantitative estimate of drug-likeness (QED) is 0.800. The molecule has 2 aromatic carbocycles. The molecule has 0 bridgehead atoms. The molecule has 0 aliphatic carbocycles. The fourth-order valence-electron chi connectivity index (χ4n) is 3.02. The van der Waals surface area contributed by atoms with E-state index in [0.29, 0.717) is 29.8 Å². The molecule has 1 heterocycles. The van der Waals surface area contributed by atoms with Gasteiger partial charge in [0.05, 0.1) is 17.7 Å². The number of rotatable bonds is 6. The van der Waals surface area contributed by atoms with Crippen molar-refractivity contribution in [2.45, 2.75) is 18.1 Å². The molecular formula is C21H19FN4O2. The zero-order valence-corrected chi connectivity index (χ0v) is 15.3. The second-order valence-electron chi connectivity index (χ2n) is 6.66. The zero-order chi connectivity index (χ0) is 20.1. The molecule has 0 radical (unpaired) electrons. The number of halogens is 1. The Labute approximate surface area is 162 Å². The molecule has 1 aliphatic rings. The summed E-state index contributed by atoms with van der Waals surface area (Å²) in [4.78, 5) is 12.4. The average Bonchev–Trinajstić information content (AvgIpc) is 2.68. The third-order valence-electron chi connectivity index (χ3n) is 4.91. The van der Waals surface area contributed by atoms with Crippen molar-refractivity contribution in [1.82, 2.24) is 10.6 Å². The highest BCUT2D eigenvalue weighted by Gasteiger charge is 2.45. The molecule has 1 aliphatic heterocycles. The maximum absolute atomic E-state index is 14.6. The van der Waals surface area contributed by atoms with Gasteiger partial charge in [-0.2, -0.15) is 10.5 Å². The number of hydrogen-bond acceptors (Lipinski definition) is 5. The Kier molecular flexibility index (Phi) is 5.70. The molecule has 1 fully saturated rings. The van der Waals surface area contributed by atoms with Crippen molar-refractivity contribution in [3.05, 3.63) is 59.4 Å². The Bertz CT molecular complexity index is 950. The topological polar surface area (TPSA) is 97.9 Å². The summed E-state index contributed by atoms with van der Waals surface area (Å²) in [6.45, 7) is 0.752. The average molecular weight is 378 g/mol. The summed E-state index contributed by atoms with van der Waals surface area (Å²) in [5.74, 6) is -0.835. The second-order valence-corrected chi connectivity index (χ2v) is 6.66. The van der Waals surface area contributed by atoms with Gasteiger partial charge in [-0.3, -0.25) is 4.79 Å². The predicted octanol–water partition coefficient (Wildman–Crippen LogP) is 1.90. The number of nitrogens with one attached hydrogen (secondary N) is 2. The molecule has 1 saturated heterocycles. The number of benzene rings is 2. The first-order valence-corrected chi connectivity index (χ1v) is 8.77. The highest BCUT2D eigenvalue weighted by Crippen LogP contribution is 2.23. The summed E-state index contributed by atoms with van der Waals surface area (Å²) >= 11 is 0. The molecule has 1 atom stereocenters. The fourth-order valence-corrected chi connectivity index (χ4v) is 3.02.